The highest BCUT2D eigenvalue weighted by molar-refractivity contribution is 5.94. The van der Waals surface area contributed by atoms with Gasteiger partial charge >= 0.3 is 0 Å². The predicted molar refractivity (Wildman–Crippen MR) is 106 cm³/mol. The molecule has 1 amide bonds. The maximum absolute atomic E-state index is 12.7. The van der Waals surface area contributed by atoms with Crippen molar-refractivity contribution in [2.45, 2.75) is 19.3 Å². The molecule has 138 valence electrons. The lowest BCUT2D eigenvalue weighted by Crippen LogP contribution is -2.31. The highest BCUT2D eigenvalue weighted by Gasteiger charge is 2.35. The molecule has 5 heteroatoms. The maximum atomic E-state index is 12.7. The summed E-state index contributed by atoms with van der Waals surface area (Å²) in [5, 5.41) is 0. The summed E-state index contributed by atoms with van der Waals surface area (Å²) in [5.41, 5.74) is 8.80. The van der Waals surface area contributed by atoms with Crippen LogP contribution in [0.25, 0.3) is 0 Å². The van der Waals surface area contributed by atoms with E-state index >= 15 is 0 Å². The predicted octanol–water partition coefficient (Wildman–Crippen LogP) is 3.05. The quantitative estimate of drug-likeness (QED) is 0.820. The molecule has 0 spiro atoms. The van der Waals surface area contributed by atoms with Gasteiger partial charge in [0.25, 0.3) is 0 Å². The molecular formula is C21H25ClN2O2. The number of benzene rings is 2. The number of halogens is 1. The zero-order valence-corrected chi connectivity index (χ0v) is 15.7. The minimum atomic E-state index is 0. The number of ketones is 1. The van der Waals surface area contributed by atoms with Crippen molar-refractivity contribution in [1.82, 2.24) is 4.90 Å². The molecule has 0 aromatic heterocycles. The van der Waals surface area contributed by atoms with E-state index in [1.54, 1.807) is 19.1 Å². The van der Waals surface area contributed by atoms with E-state index in [0.717, 1.165) is 12.1 Å². The number of carbonyl (C=O) groups is 2. The van der Waals surface area contributed by atoms with Gasteiger partial charge in [0.2, 0.25) is 5.91 Å². The standard InChI is InChI=1S/C21H24N2O2.ClH/c1-15(24)17-9-7-16(8-10-17)11-21(25)23-13-19(12-22)20(14-23)18-5-3-2-4-6-18;/h2-10,19-20H,11-14,22H2,1H3;1H/t19-,20+;/m1./s1. The SMILES string of the molecule is CC(=O)c1ccc(CC(=O)N2C[C@@H](CN)[C@H](c3ccccc3)C2)cc1.Cl. The van der Waals surface area contributed by atoms with Crippen molar-refractivity contribution >= 4 is 24.1 Å². The van der Waals surface area contributed by atoms with Crippen LogP contribution in [-0.4, -0.2) is 36.2 Å². The summed E-state index contributed by atoms with van der Waals surface area (Å²) in [7, 11) is 0. The second-order valence-corrected chi connectivity index (χ2v) is 6.74. The van der Waals surface area contributed by atoms with E-state index in [9.17, 15) is 9.59 Å². The first-order chi connectivity index (χ1) is 12.1. The number of nitrogens with zero attached hydrogens (tertiary/aromatic N) is 1. The minimum absolute atomic E-state index is 0. The molecule has 26 heavy (non-hydrogen) atoms. The van der Waals surface area contributed by atoms with Gasteiger partial charge in [0.05, 0.1) is 6.42 Å². The summed E-state index contributed by atoms with van der Waals surface area (Å²) in [6.45, 7) is 3.55. The van der Waals surface area contributed by atoms with Gasteiger partial charge in [0, 0.05) is 24.6 Å². The van der Waals surface area contributed by atoms with Crippen LogP contribution in [0.2, 0.25) is 0 Å². The molecule has 0 radical (unpaired) electrons. The first-order valence-electron chi connectivity index (χ1n) is 8.71. The van der Waals surface area contributed by atoms with Crippen molar-refractivity contribution in [2.75, 3.05) is 19.6 Å². The molecule has 0 bridgehead atoms. The summed E-state index contributed by atoms with van der Waals surface area (Å²) >= 11 is 0. The van der Waals surface area contributed by atoms with E-state index in [0.29, 0.717) is 36.9 Å². The first kappa shape index (κ1) is 20.1. The molecule has 0 unspecified atom stereocenters. The molecule has 1 saturated heterocycles. The summed E-state index contributed by atoms with van der Waals surface area (Å²) in [4.78, 5) is 26.0. The van der Waals surface area contributed by atoms with Crippen molar-refractivity contribution in [3.05, 3.63) is 71.3 Å². The molecule has 3 rings (SSSR count). The van der Waals surface area contributed by atoms with Gasteiger partial charge in [-0.1, -0.05) is 54.6 Å². The van der Waals surface area contributed by atoms with Gasteiger partial charge in [-0.25, -0.2) is 0 Å². The van der Waals surface area contributed by atoms with Crippen LogP contribution in [0, 0.1) is 5.92 Å². The fraction of sp³-hybridized carbons (Fsp3) is 0.333. The van der Waals surface area contributed by atoms with Gasteiger partial charge in [-0.2, -0.15) is 0 Å². The Balaban J connectivity index is 0.00000243. The van der Waals surface area contributed by atoms with Crippen molar-refractivity contribution in [3.8, 4) is 0 Å². The zero-order chi connectivity index (χ0) is 17.8. The molecule has 1 aliphatic rings. The molecular weight excluding hydrogens is 348 g/mol. The molecule has 1 fully saturated rings. The van der Waals surface area contributed by atoms with E-state index in [4.69, 9.17) is 5.73 Å². The van der Waals surface area contributed by atoms with Gasteiger partial charge < -0.3 is 10.6 Å². The third-order valence-electron chi connectivity index (χ3n) is 5.04. The molecule has 4 nitrogen and oxygen atoms in total. The molecule has 0 aliphatic carbocycles. The Morgan fingerprint density at radius 1 is 1.04 bits per heavy atom. The Hall–Kier alpha value is -2.17. The summed E-state index contributed by atoms with van der Waals surface area (Å²) in [6.07, 6.45) is 0.358. The largest absolute Gasteiger partial charge is 0.341 e. The lowest BCUT2D eigenvalue weighted by atomic mass is 9.89. The molecule has 2 aromatic carbocycles. The molecule has 1 aliphatic heterocycles. The van der Waals surface area contributed by atoms with Gasteiger partial charge in [0.15, 0.2) is 5.78 Å². The van der Waals surface area contributed by atoms with Crippen molar-refractivity contribution in [3.63, 3.8) is 0 Å². The number of likely N-dealkylation sites (tertiary alicyclic amines) is 1. The zero-order valence-electron chi connectivity index (χ0n) is 14.9. The summed E-state index contributed by atoms with van der Waals surface area (Å²) in [6, 6.07) is 17.6. The van der Waals surface area contributed by atoms with Crippen LogP contribution in [0.4, 0.5) is 0 Å². The molecule has 2 aromatic rings. The van der Waals surface area contributed by atoms with E-state index in [2.05, 4.69) is 12.1 Å². The van der Waals surface area contributed by atoms with Crippen LogP contribution in [-0.2, 0) is 11.2 Å². The number of hydrogen-bond donors (Lipinski definition) is 1. The molecule has 2 atom stereocenters. The van der Waals surface area contributed by atoms with Crippen LogP contribution in [0.15, 0.2) is 54.6 Å². The van der Waals surface area contributed by atoms with Gasteiger partial charge in [-0.05, 0) is 30.5 Å². The Morgan fingerprint density at radius 3 is 2.27 bits per heavy atom. The summed E-state index contributed by atoms with van der Waals surface area (Å²) in [5.74, 6) is 0.753. The third-order valence-corrected chi connectivity index (χ3v) is 5.04. The van der Waals surface area contributed by atoms with Crippen LogP contribution in [0.1, 0.15) is 34.3 Å². The van der Waals surface area contributed by atoms with Crippen LogP contribution in [0.5, 0.6) is 0 Å². The Kier molecular flexibility index (Phi) is 6.95. The first-order valence-corrected chi connectivity index (χ1v) is 8.71. The lowest BCUT2D eigenvalue weighted by Gasteiger charge is -2.17. The average molecular weight is 373 g/mol. The van der Waals surface area contributed by atoms with Gasteiger partial charge in [-0.3, -0.25) is 9.59 Å². The minimum Gasteiger partial charge on any atom is -0.341 e. The number of carbonyl (C=O) groups excluding carboxylic acids is 2. The third kappa shape index (κ3) is 4.51. The Bertz CT molecular complexity index is 746. The topological polar surface area (TPSA) is 63.4 Å². The van der Waals surface area contributed by atoms with Gasteiger partial charge in [0.1, 0.15) is 0 Å². The highest BCUT2D eigenvalue weighted by Crippen LogP contribution is 2.32. The smallest absolute Gasteiger partial charge is 0.227 e. The molecule has 0 saturated carbocycles. The fourth-order valence-corrected chi connectivity index (χ4v) is 3.54. The monoisotopic (exact) mass is 372 g/mol. The van der Waals surface area contributed by atoms with Crippen LogP contribution in [0.3, 0.4) is 0 Å². The molecule has 1 heterocycles. The van der Waals surface area contributed by atoms with E-state index in [1.165, 1.54) is 5.56 Å². The van der Waals surface area contributed by atoms with Crippen molar-refractivity contribution in [2.24, 2.45) is 11.7 Å². The van der Waals surface area contributed by atoms with Crippen molar-refractivity contribution in [1.29, 1.82) is 0 Å². The number of amides is 1. The Labute approximate surface area is 160 Å². The van der Waals surface area contributed by atoms with E-state index < -0.39 is 0 Å². The number of rotatable bonds is 5. The lowest BCUT2D eigenvalue weighted by molar-refractivity contribution is -0.129. The number of nitrogens with two attached hydrogens (primary N) is 1. The summed E-state index contributed by atoms with van der Waals surface area (Å²) < 4.78 is 0. The van der Waals surface area contributed by atoms with Gasteiger partial charge in [-0.15, -0.1) is 12.4 Å². The molecule has 2 N–H and O–H groups in total. The van der Waals surface area contributed by atoms with Crippen molar-refractivity contribution < 1.29 is 9.59 Å². The van der Waals surface area contributed by atoms with Crippen LogP contribution >= 0.6 is 12.4 Å². The highest BCUT2D eigenvalue weighted by atomic mass is 35.5. The van der Waals surface area contributed by atoms with Crippen LogP contribution < -0.4 is 5.73 Å². The normalized spacial score (nSPS) is 19.1. The number of Topliss-reactive ketones (excluding diaryl/α,β-unsaturated/α-hetero) is 1. The number of hydrogen-bond acceptors (Lipinski definition) is 3. The second kappa shape index (κ2) is 8.97. The van der Waals surface area contributed by atoms with E-state index in [-0.39, 0.29) is 24.1 Å². The fourth-order valence-electron chi connectivity index (χ4n) is 3.54. The maximum Gasteiger partial charge on any atom is 0.227 e. The average Bonchev–Trinajstić information content (AvgIpc) is 3.07. The van der Waals surface area contributed by atoms with E-state index in [1.807, 2.05) is 35.2 Å². The Morgan fingerprint density at radius 2 is 1.69 bits per heavy atom. The second-order valence-electron chi connectivity index (χ2n) is 6.74.